The molecule has 10 heavy (non-hydrogen) atoms. The largest absolute Gasteiger partial charge is 0.295 e. The Morgan fingerprint density at radius 1 is 1.70 bits per heavy atom. The van der Waals surface area contributed by atoms with E-state index in [4.69, 9.17) is 6.42 Å². The first-order valence-electron chi connectivity index (χ1n) is 3.54. The molecular weight excluding hydrogens is 122 g/mol. The molecule has 0 saturated carbocycles. The van der Waals surface area contributed by atoms with Crippen molar-refractivity contribution in [2.75, 3.05) is 20.1 Å². The lowest BCUT2D eigenvalue weighted by molar-refractivity contribution is 0.371. The van der Waals surface area contributed by atoms with Gasteiger partial charge in [0.2, 0.25) is 0 Å². The van der Waals surface area contributed by atoms with Crippen molar-refractivity contribution in [1.82, 2.24) is 4.90 Å². The number of unbranched alkanes of at least 4 members (excludes halogenated alkanes) is 1. The van der Waals surface area contributed by atoms with Crippen molar-refractivity contribution in [3.05, 3.63) is 12.7 Å². The molecular formula is C9H15N. The lowest BCUT2D eigenvalue weighted by Gasteiger charge is -2.11. The van der Waals surface area contributed by atoms with Gasteiger partial charge in [-0.05, 0) is 26.4 Å². The van der Waals surface area contributed by atoms with Gasteiger partial charge in [0.15, 0.2) is 0 Å². The molecule has 0 radical (unpaired) electrons. The fraction of sp³-hybridized carbons (Fsp3) is 0.556. The van der Waals surface area contributed by atoms with Gasteiger partial charge in [-0.15, -0.1) is 13.0 Å². The van der Waals surface area contributed by atoms with Crippen molar-refractivity contribution in [3.8, 4) is 12.3 Å². The molecule has 0 amide bonds. The number of rotatable bonds is 5. The summed E-state index contributed by atoms with van der Waals surface area (Å²) in [5.41, 5.74) is 0. The Morgan fingerprint density at radius 2 is 2.40 bits per heavy atom. The number of hydrogen-bond acceptors (Lipinski definition) is 1. The summed E-state index contributed by atoms with van der Waals surface area (Å²) in [6.07, 6.45) is 9.29. The Kier molecular flexibility index (Phi) is 5.91. The summed E-state index contributed by atoms with van der Waals surface area (Å²) in [7, 11) is 2.03. The summed E-state index contributed by atoms with van der Waals surface area (Å²) in [5.74, 6) is 2.59. The molecule has 1 nitrogen and oxygen atoms in total. The first kappa shape index (κ1) is 9.26. The van der Waals surface area contributed by atoms with Crippen LogP contribution in [0.1, 0.15) is 12.8 Å². The molecule has 0 fully saturated rings. The highest BCUT2D eigenvalue weighted by atomic mass is 15.1. The minimum Gasteiger partial charge on any atom is -0.295 e. The van der Waals surface area contributed by atoms with Crippen molar-refractivity contribution in [1.29, 1.82) is 0 Å². The van der Waals surface area contributed by atoms with E-state index in [1.807, 2.05) is 13.1 Å². The molecule has 0 saturated heterocycles. The molecule has 0 unspecified atom stereocenters. The van der Waals surface area contributed by atoms with Crippen LogP contribution in [-0.2, 0) is 0 Å². The fourth-order valence-electron chi connectivity index (χ4n) is 0.740. The summed E-state index contributed by atoms with van der Waals surface area (Å²) >= 11 is 0. The zero-order chi connectivity index (χ0) is 7.82. The average Bonchev–Trinajstić information content (AvgIpc) is 1.89. The molecule has 0 aliphatic carbocycles. The van der Waals surface area contributed by atoms with Gasteiger partial charge in [-0.3, -0.25) is 4.90 Å². The third kappa shape index (κ3) is 5.40. The van der Waals surface area contributed by atoms with Crippen molar-refractivity contribution < 1.29 is 0 Å². The molecule has 0 heterocycles. The number of terminal acetylenes is 1. The summed E-state index contributed by atoms with van der Waals surface area (Å²) in [4.78, 5) is 2.13. The highest BCUT2D eigenvalue weighted by molar-refractivity contribution is 4.87. The maximum absolute atomic E-state index is 5.12. The van der Waals surface area contributed by atoms with Gasteiger partial charge in [-0.2, -0.15) is 0 Å². The minimum atomic E-state index is 0.747. The van der Waals surface area contributed by atoms with Crippen LogP contribution >= 0.6 is 0 Å². The first-order chi connectivity index (χ1) is 4.81. The first-order valence-corrected chi connectivity index (χ1v) is 3.54. The summed E-state index contributed by atoms with van der Waals surface area (Å²) in [5, 5.41) is 0. The predicted molar refractivity (Wildman–Crippen MR) is 45.8 cm³/mol. The smallest absolute Gasteiger partial charge is 0.0596 e. The maximum atomic E-state index is 5.12. The Balaban J connectivity index is 3.14. The molecule has 56 valence electrons. The van der Waals surface area contributed by atoms with Gasteiger partial charge in [0.25, 0.3) is 0 Å². The van der Waals surface area contributed by atoms with E-state index >= 15 is 0 Å². The standard InChI is InChI=1S/C9H15N/c1-4-6-7-9-10(3)8-5-2/h2,4H,1,6-9H2,3H3. The van der Waals surface area contributed by atoms with Crippen molar-refractivity contribution in [2.24, 2.45) is 0 Å². The summed E-state index contributed by atoms with van der Waals surface area (Å²) in [6, 6.07) is 0. The van der Waals surface area contributed by atoms with Crippen LogP contribution in [0.25, 0.3) is 0 Å². The van der Waals surface area contributed by atoms with Crippen LogP contribution < -0.4 is 0 Å². The van der Waals surface area contributed by atoms with Crippen LogP contribution in [0.15, 0.2) is 12.7 Å². The molecule has 0 atom stereocenters. The van der Waals surface area contributed by atoms with Crippen LogP contribution in [0.2, 0.25) is 0 Å². The zero-order valence-electron chi connectivity index (χ0n) is 6.64. The lowest BCUT2D eigenvalue weighted by Crippen LogP contribution is -2.19. The SMILES string of the molecule is C#CCN(C)CCCC=C. The highest BCUT2D eigenvalue weighted by Crippen LogP contribution is 1.91. The van der Waals surface area contributed by atoms with Crippen molar-refractivity contribution in [2.45, 2.75) is 12.8 Å². The third-order valence-corrected chi connectivity index (χ3v) is 1.31. The number of hydrogen-bond donors (Lipinski definition) is 0. The van der Waals surface area contributed by atoms with E-state index in [9.17, 15) is 0 Å². The van der Waals surface area contributed by atoms with Crippen LogP contribution in [0.5, 0.6) is 0 Å². The Bertz CT molecular complexity index is 121. The van der Waals surface area contributed by atoms with Crippen LogP contribution in [0, 0.1) is 12.3 Å². The molecule has 0 aromatic heterocycles. The Labute approximate surface area is 63.7 Å². The van der Waals surface area contributed by atoms with Crippen LogP contribution in [0.4, 0.5) is 0 Å². The van der Waals surface area contributed by atoms with E-state index in [2.05, 4.69) is 17.4 Å². The highest BCUT2D eigenvalue weighted by Gasteiger charge is 1.91. The van der Waals surface area contributed by atoms with E-state index in [1.54, 1.807) is 0 Å². The lowest BCUT2D eigenvalue weighted by atomic mass is 10.3. The van der Waals surface area contributed by atoms with Crippen molar-refractivity contribution in [3.63, 3.8) is 0 Å². The van der Waals surface area contributed by atoms with E-state index in [1.165, 1.54) is 0 Å². The number of nitrogens with zero attached hydrogens (tertiary/aromatic N) is 1. The molecule has 0 rings (SSSR count). The second kappa shape index (κ2) is 6.38. The molecule has 0 N–H and O–H groups in total. The molecule has 0 bridgehead atoms. The van der Waals surface area contributed by atoms with Crippen LogP contribution in [-0.4, -0.2) is 25.0 Å². The molecule has 1 heteroatoms. The summed E-state index contributed by atoms with van der Waals surface area (Å²) < 4.78 is 0. The van der Waals surface area contributed by atoms with Gasteiger partial charge < -0.3 is 0 Å². The van der Waals surface area contributed by atoms with Crippen molar-refractivity contribution >= 4 is 0 Å². The second-order valence-electron chi connectivity index (χ2n) is 2.37. The van der Waals surface area contributed by atoms with E-state index < -0.39 is 0 Å². The maximum Gasteiger partial charge on any atom is 0.0596 e. The summed E-state index contributed by atoms with van der Waals surface area (Å²) in [6.45, 7) is 5.46. The van der Waals surface area contributed by atoms with Gasteiger partial charge in [0, 0.05) is 0 Å². The molecule has 0 aliphatic rings. The molecule has 0 spiro atoms. The molecule has 0 aromatic carbocycles. The zero-order valence-corrected chi connectivity index (χ0v) is 6.64. The Morgan fingerprint density at radius 3 is 2.90 bits per heavy atom. The van der Waals surface area contributed by atoms with E-state index in [0.29, 0.717) is 0 Å². The normalized spacial score (nSPS) is 9.30. The third-order valence-electron chi connectivity index (χ3n) is 1.31. The number of allylic oxidation sites excluding steroid dienone is 1. The Hall–Kier alpha value is -0.740. The van der Waals surface area contributed by atoms with Gasteiger partial charge in [0.1, 0.15) is 0 Å². The van der Waals surface area contributed by atoms with Crippen LogP contribution in [0.3, 0.4) is 0 Å². The van der Waals surface area contributed by atoms with Gasteiger partial charge in [-0.1, -0.05) is 12.0 Å². The molecule has 0 aliphatic heterocycles. The van der Waals surface area contributed by atoms with Gasteiger partial charge in [-0.25, -0.2) is 0 Å². The monoisotopic (exact) mass is 137 g/mol. The topological polar surface area (TPSA) is 3.24 Å². The minimum absolute atomic E-state index is 0.747. The van der Waals surface area contributed by atoms with E-state index in [0.717, 1.165) is 25.9 Å². The predicted octanol–water partition coefficient (Wildman–Crippen LogP) is 1.52. The second-order valence-corrected chi connectivity index (χ2v) is 2.37. The fourth-order valence-corrected chi connectivity index (χ4v) is 0.740. The average molecular weight is 137 g/mol. The van der Waals surface area contributed by atoms with Gasteiger partial charge >= 0.3 is 0 Å². The van der Waals surface area contributed by atoms with Gasteiger partial charge in [0.05, 0.1) is 6.54 Å². The molecule has 0 aromatic rings. The quantitative estimate of drug-likeness (QED) is 0.315. The van der Waals surface area contributed by atoms with E-state index in [-0.39, 0.29) is 0 Å².